The molecular weight excluding hydrogens is 338 g/mol. The lowest BCUT2D eigenvalue weighted by Gasteiger charge is -2.34. The lowest BCUT2D eigenvalue weighted by atomic mass is 9.93. The number of alkyl halides is 2. The molecule has 136 valence electrons. The first-order chi connectivity index (χ1) is 11.2. The van der Waals surface area contributed by atoms with Crippen LogP contribution in [0.3, 0.4) is 0 Å². The summed E-state index contributed by atoms with van der Waals surface area (Å²) in [6, 6.07) is 5.92. The van der Waals surface area contributed by atoms with Gasteiger partial charge < -0.3 is 14.8 Å². The molecule has 0 aliphatic carbocycles. The summed E-state index contributed by atoms with van der Waals surface area (Å²) in [7, 11) is 0. The van der Waals surface area contributed by atoms with E-state index in [0.717, 1.165) is 37.7 Å². The molecule has 7 heteroatoms. The van der Waals surface area contributed by atoms with Gasteiger partial charge in [0.1, 0.15) is 0 Å². The first kappa shape index (κ1) is 19.2. The summed E-state index contributed by atoms with van der Waals surface area (Å²) in [4.78, 5) is 2.44. The van der Waals surface area contributed by atoms with E-state index >= 15 is 0 Å². The van der Waals surface area contributed by atoms with Crippen molar-refractivity contribution < 1.29 is 18.3 Å². The topological polar surface area (TPSA) is 33.7 Å². The molecule has 2 fully saturated rings. The van der Waals surface area contributed by atoms with Crippen molar-refractivity contribution in [2.75, 3.05) is 26.2 Å². The molecule has 1 aromatic carbocycles. The number of nitrogens with one attached hydrogen (secondary N) is 1. The molecule has 2 aliphatic heterocycles. The van der Waals surface area contributed by atoms with Crippen molar-refractivity contribution in [3.63, 3.8) is 0 Å². The minimum Gasteiger partial charge on any atom is -0.490 e. The fraction of sp³-hybridized carbons (Fsp3) is 0.647. The van der Waals surface area contributed by atoms with Gasteiger partial charge in [-0.15, -0.1) is 12.4 Å². The van der Waals surface area contributed by atoms with Gasteiger partial charge in [-0.3, -0.25) is 4.90 Å². The molecule has 4 nitrogen and oxygen atoms in total. The lowest BCUT2D eigenvalue weighted by molar-refractivity contribution is -0.0514. The Balaban J connectivity index is 0.00000208. The van der Waals surface area contributed by atoms with E-state index in [1.165, 1.54) is 12.8 Å². The van der Waals surface area contributed by atoms with Gasteiger partial charge in [0.15, 0.2) is 11.5 Å². The number of halogens is 3. The number of hydrogen-bond acceptors (Lipinski definition) is 4. The first-order valence-corrected chi connectivity index (χ1v) is 8.32. The second kappa shape index (κ2) is 8.83. The van der Waals surface area contributed by atoms with E-state index in [1.807, 2.05) is 19.1 Å². The summed E-state index contributed by atoms with van der Waals surface area (Å²) in [5, 5.41) is 3.56. The van der Waals surface area contributed by atoms with Gasteiger partial charge in [-0.05, 0) is 56.5 Å². The van der Waals surface area contributed by atoms with Crippen LogP contribution in [0.2, 0.25) is 0 Å². The molecule has 0 saturated carbocycles. The molecule has 2 saturated heterocycles. The average molecular weight is 363 g/mol. The van der Waals surface area contributed by atoms with Gasteiger partial charge in [0.25, 0.3) is 0 Å². The third-order valence-corrected chi connectivity index (χ3v) is 4.67. The maximum Gasteiger partial charge on any atom is 0.387 e. The summed E-state index contributed by atoms with van der Waals surface area (Å²) in [6.45, 7) is 3.51. The Morgan fingerprint density at radius 1 is 1.29 bits per heavy atom. The van der Waals surface area contributed by atoms with Crippen LogP contribution in [0.4, 0.5) is 8.78 Å². The second-order valence-electron chi connectivity index (χ2n) is 6.23. The highest BCUT2D eigenvalue weighted by Crippen LogP contribution is 2.31. The van der Waals surface area contributed by atoms with Gasteiger partial charge >= 0.3 is 6.61 Å². The van der Waals surface area contributed by atoms with Gasteiger partial charge in [0.2, 0.25) is 0 Å². The van der Waals surface area contributed by atoms with Crippen molar-refractivity contribution >= 4 is 12.4 Å². The monoisotopic (exact) mass is 362 g/mol. The molecule has 2 unspecified atom stereocenters. The smallest absolute Gasteiger partial charge is 0.387 e. The molecule has 0 amide bonds. The molecule has 2 heterocycles. The average Bonchev–Trinajstić information content (AvgIpc) is 2.97. The summed E-state index contributed by atoms with van der Waals surface area (Å²) in [6.07, 6.45) is 2.42. The van der Waals surface area contributed by atoms with Crippen LogP contribution in [0, 0.1) is 5.92 Å². The van der Waals surface area contributed by atoms with E-state index < -0.39 is 6.61 Å². The highest BCUT2D eigenvalue weighted by Gasteiger charge is 2.32. The van der Waals surface area contributed by atoms with Gasteiger partial charge in [0.05, 0.1) is 6.61 Å². The quantitative estimate of drug-likeness (QED) is 0.842. The SMILES string of the molecule is CCOc1cc(CN2CCC3NCCC3C2)ccc1OC(F)F.Cl. The highest BCUT2D eigenvalue weighted by atomic mass is 35.5. The zero-order chi connectivity index (χ0) is 16.2. The van der Waals surface area contributed by atoms with E-state index in [2.05, 4.69) is 15.0 Å². The summed E-state index contributed by atoms with van der Waals surface area (Å²) >= 11 is 0. The van der Waals surface area contributed by atoms with Crippen LogP contribution in [0.15, 0.2) is 18.2 Å². The van der Waals surface area contributed by atoms with Gasteiger partial charge in [0, 0.05) is 19.1 Å². The number of benzene rings is 1. The minimum atomic E-state index is -2.84. The number of ether oxygens (including phenoxy) is 2. The number of piperidine rings is 1. The first-order valence-electron chi connectivity index (χ1n) is 8.32. The number of likely N-dealkylation sites (tertiary alicyclic amines) is 1. The molecule has 0 aromatic heterocycles. The maximum atomic E-state index is 12.4. The van der Waals surface area contributed by atoms with Crippen LogP contribution >= 0.6 is 12.4 Å². The van der Waals surface area contributed by atoms with Crippen molar-refractivity contribution in [1.82, 2.24) is 10.2 Å². The molecule has 1 aromatic rings. The Morgan fingerprint density at radius 2 is 2.12 bits per heavy atom. The zero-order valence-corrected chi connectivity index (χ0v) is 14.7. The fourth-order valence-corrected chi connectivity index (χ4v) is 3.64. The number of fused-ring (bicyclic) bond motifs is 1. The van der Waals surface area contributed by atoms with E-state index in [9.17, 15) is 8.78 Å². The third-order valence-electron chi connectivity index (χ3n) is 4.67. The lowest BCUT2D eigenvalue weighted by Crippen LogP contribution is -2.43. The molecule has 24 heavy (non-hydrogen) atoms. The normalized spacial score (nSPS) is 23.7. The molecular formula is C17H25ClF2N2O2. The van der Waals surface area contributed by atoms with Crippen molar-refractivity contribution in [1.29, 1.82) is 0 Å². The minimum absolute atomic E-state index is 0. The zero-order valence-electron chi connectivity index (χ0n) is 13.8. The fourth-order valence-electron chi connectivity index (χ4n) is 3.64. The number of nitrogens with zero attached hydrogens (tertiary/aromatic N) is 1. The van der Waals surface area contributed by atoms with Crippen LogP contribution in [0.1, 0.15) is 25.3 Å². The molecule has 0 radical (unpaired) electrons. The van der Waals surface area contributed by atoms with Gasteiger partial charge in [-0.2, -0.15) is 8.78 Å². The maximum absolute atomic E-state index is 12.4. The van der Waals surface area contributed by atoms with Crippen LogP contribution in [-0.4, -0.2) is 43.8 Å². The molecule has 2 aliphatic rings. The van der Waals surface area contributed by atoms with Crippen molar-refractivity contribution in [3.05, 3.63) is 23.8 Å². The predicted octanol–water partition coefficient (Wildman–Crippen LogP) is 3.29. The largest absolute Gasteiger partial charge is 0.490 e. The Bertz CT molecular complexity index is 533. The molecule has 3 rings (SSSR count). The molecule has 0 bridgehead atoms. The van der Waals surface area contributed by atoms with Gasteiger partial charge in [-0.1, -0.05) is 6.07 Å². The molecule has 1 N–H and O–H groups in total. The van der Waals surface area contributed by atoms with Crippen molar-refractivity contribution in [3.8, 4) is 11.5 Å². The van der Waals surface area contributed by atoms with E-state index in [0.29, 0.717) is 18.4 Å². The molecule has 0 spiro atoms. The Labute approximate surface area is 147 Å². The highest BCUT2D eigenvalue weighted by molar-refractivity contribution is 5.85. The molecule has 2 atom stereocenters. The number of hydrogen-bond donors (Lipinski definition) is 1. The Hall–Kier alpha value is -1.11. The van der Waals surface area contributed by atoms with Crippen molar-refractivity contribution in [2.45, 2.75) is 39.0 Å². The third kappa shape index (κ3) is 4.71. The number of rotatable bonds is 6. The predicted molar refractivity (Wildman–Crippen MR) is 91.3 cm³/mol. The summed E-state index contributed by atoms with van der Waals surface area (Å²) in [5.74, 6) is 1.23. The van der Waals surface area contributed by atoms with Crippen LogP contribution in [0.5, 0.6) is 11.5 Å². The van der Waals surface area contributed by atoms with E-state index in [4.69, 9.17) is 4.74 Å². The van der Waals surface area contributed by atoms with Crippen LogP contribution < -0.4 is 14.8 Å². The summed E-state index contributed by atoms with van der Waals surface area (Å²) < 4.78 is 34.9. The second-order valence-corrected chi connectivity index (χ2v) is 6.23. The Morgan fingerprint density at radius 3 is 2.88 bits per heavy atom. The summed E-state index contributed by atoms with van der Waals surface area (Å²) in [5.41, 5.74) is 1.07. The van der Waals surface area contributed by atoms with E-state index in [-0.39, 0.29) is 18.2 Å². The van der Waals surface area contributed by atoms with Crippen LogP contribution in [0.25, 0.3) is 0 Å². The van der Waals surface area contributed by atoms with Gasteiger partial charge in [-0.25, -0.2) is 0 Å². The van der Waals surface area contributed by atoms with Crippen LogP contribution in [-0.2, 0) is 6.54 Å². The standard InChI is InChI=1S/C17H24F2N2O2.ClH/c1-2-22-16-9-12(3-4-15(16)23-17(18)19)10-21-8-6-14-13(11-21)5-7-20-14;/h3-4,9,13-14,17,20H,2,5-8,10-11H2,1H3;1H. The Kier molecular flexibility index (Phi) is 7.07. The van der Waals surface area contributed by atoms with Crippen molar-refractivity contribution in [2.24, 2.45) is 5.92 Å². The van der Waals surface area contributed by atoms with E-state index in [1.54, 1.807) is 6.07 Å².